The summed E-state index contributed by atoms with van der Waals surface area (Å²) in [6, 6.07) is 14.6. The van der Waals surface area contributed by atoms with Crippen LogP contribution in [0.25, 0.3) is 11.5 Å². The molecule has 3 heterocycles. The lowest BCUT2D eigenvalue weighted by atomic mass is 10.1. The molecule has 1 unspecified atom stereocenters. The Hall–Kier alpha value is -2.69. The maximum atomic E-state index is 13.0. The maximum Gasteiger partial charge on any atom is 0.277 e. The summed E-state index contributed by atoms with van der Waals surface area (Å²) in [6.45, 7) is 3.13. The SMILES string of the molecule is CC1Cc2ccccc2N1C(=O)CSc1nnc(-c2cccc(S(=O)(=O)N3CCCCC3)c2)o1. The molecule has 0 saturated carbocycles. The van der Waals surface area contributed by atoms with Gasteiger partial charge in [-0.1, -0.05) is 42.4 Å². The number of hydrogen-bond donors (Lipinski definition) is 0. The van der Waals surface area contributed by atoms with Crippen molar-refractivity contribution >= 4 is 33.4 Å². The van der Waals surface area contributed by atoms with E-state index in [9.17, 15) is 13.2 Å². The third-order valence-electron chi connectivity index (χ3n) is 6.24. The number of carbonyl (C=O) groups excluding carboxylic acids is 1. The summed E-state index contributed by atoms with van der Waals surface area (Å²) in [5, 5.41) is 8.40. The first kappa shape index (κ1) is 23.1. The van der Waals surface area contributed by atoms with E-state index in [1.807, 2.05) is 30.0 Å². The molecule has 0 bridgehead atoms. The van der Waals surface area contributed by atoms with Gasteiger partial charge in [0.1, 0.15) is 0 Å². The van der Waals surface area contributed by atoms with Gasteiger partial charge < -0.3 is 9.32 Å². The van der Waals surface area contributed by atoms with Gasteiger partial charge in [-0.3, -0.25) is 4.79 Å². The fraction of sp³-hybridized carbons (Fsp3) is 0.375. The highest BCUT2D eigenvalue weighted by molar-refractivity contribution is 7.99. The zero-order valence-corrected chi connectivity index (χ0v) is 20.5. The van der Waals surface area contributed by atoms with Crippen molar-refractivity contribution in [2.24, 2.45) is 0 Å². The molecule has 1 fully saturated rings. The predicted octanol–water partition coefficient (Wildman–Crippen LogP) is 3.98. The number of hydrogen-bond acceptors (Lipinski definition) is 7. The lowest BCUT2D eigenvalue weighted by Crippen LogP contribution is -2.36. The van der Waals surface area contributed by atoms with Crippen molar-refractivity contribution in [2.75, 3.05) is 23.7 Å². The van der Waals surface area contributed by atoms with Crippen LogP contribution in [0, 0.1) is 0 Å². The molecule has 178 valence electrons. The highest BCUT2D eigenvalue weighted by Crippen LogP contribution is 2.33. The van der Waals surface area contributed by atoms with Crippen molar-refractivity contribution < 1.29 is 17.6 Å². The van der Waals surface area contributed by atoms with Crippen LogP contribution in [-0.4, -0.2) is 53.7 Å². The molecule has 2 aliphatic heterocycles. The highest BCUT2D eigenvalue weighted by atomic mass is 32.2. The summed E-state index contributed by atoms with van der Waals surface area (Å²) >= 11 is 1.18. The van der Waals surface area contributed by atoms with Gasteiger partial charge in [-0.05, 0) is 56.0 Å². The number of para-hydroxylation sites is 1. The number of carbonyl (C=O) groups is 1. The molecule has 2 aromatic carbocycles. The summed E-state index contributed by atoms with van der Waals surface area (Å²) in [6.07, 6.45) is 3.65. The maximum absolute atomic E-state index is 13.0. The third-order valence-corrected chi connectivity index (χ3v) is 8.93. The molecule has 3 aromatic rings. The average molecular weight is 499 g/mol. The molecule has 1 amide bonds. The first-order valence-electron chi connectivity index (χ1n) is 11.4. The van der Waals surface area contributed by atoms with Crippen LogP contribution >= 0.6 is 11.8 Å². The van der Waals surface area contributed by atoms with Crippen LogP contribution in [-0.2, 0) is 21.2 Å². The number of thioether (sulfide) groups is 1. The van der Waals surface area contributed by atoms with Crippen molar-refractivity contribution in [3.05, 3.63) is 54.1 Å². The molecule has 34 heavy (non-hydrogen) atoms. The van der Waals surface area contributed by atoms with Gasteiger partial charge in [0.25, 0.3) is 5.22 Å². The van der Waals surface area contributed by atoms with Crippen LogP contribution in [0.1, 0.15) is 31.7 Å². The molecule has 1 saturated heterocycles. The van der Waals surface area contributed by atoms with E-state index >= 15 is 0 Å². The zero-order chi connectivity index (χ0) is 23.7. The molecule has 10 heteroatoms. The van der Waals surface area contributed by atoms with Crippen molar-refractivity contribution in [1.82, 2.24) is 14.5 Å². The van der Waals surface area contributed by atoms with Gasteiger partial charge in [-0.2, -0.15) is 4.31 Å². The molecule has 0 spiro atoms. The van der Waals surface area contributed by atoms with E-state index in [1.54, 1.807) is 24.3 Å². The second kappa shape index (κ2) is 9.52. The minimum atomic E-state index is -3.56. The van der Waals surface area contributed by atoms with Crippen molar-refractivity contribution in [3.63, 3.8) is 0 Å². The molecule has 0 radical (unpaired) electrons. The first-order chi connectivity index (χ1) is 16.4. The second-order valence-electron chi connectivity index (χ2n) is 8.60. The van der Waals surface area contributed by atoms with Crippen LogP contribution in [0.15, 0.2) is 63.1 Å². The Morgan fingerprint density at radius 1 is 1.09 bits per heavy atom. The molecular formula is C24H26N4O4S2. The molecule has 1 aromatic heterocycles. The molecule has 1 atom stereocenters. The summed E-state index contributed by atoms with van der Waals surface area (Å²) < 4.78 is 33.3. The summed E-state index contributed by atoms with van der Waals surface area (Å²) in [5.74, 6) is 0.381. The Labute approximate surface area is 203 Å². The van der Waals surface area contributed by atoms with E-state index in [0.29, 0.717) is 18.7 Å². The van der Waals surface area contributed by atoms with Crippen molar-refractivity contribution in [1.29, 1.82) is 0 Å². The van der Waals surface area contributed by atoms with E-state index in [4.69, 9.17) is 4.42 Å². The van der Waals surface area contributed by atoms with Gasteiger partial charge in [0, 0.05) is 30.4 Å². The number of rotatable bonds is 6. The number of nitrogens with zero attached hydrogens (tertiary/aromatic N) is 4. The first-order valence-corrected chi connectivity index (χ1v) is 13.8. The number of fused-ring (bicyclic) bond motifs is 1. The predicted molar refractivity (Wildman–Crippen MR) is 130 cm³/mol. The van der Waals surface area contributed by atoms with Gasteiger partial charge >= 0.3 is 0 Å². The van der Waals surface area contributed by atoms with Gasteiger partial charge in [-0.15, -0.1) is 10.2 Å². The summed E-state index contributed by atoms with van der Waals surface area (Å²) in [4.78, 5) is 15.0. The normalized spacial score (nSPS) is 18.7. The average Bonchev–Trinajstić information content (AvgIpc) is 3.47. The topological polar surface area (TPSA) is 96.6 Å². The van der Waals surface area contributed by atoms with Crippen molar-refractivity contribution in [3.8, 4) is 11.5 Å². The van der Waals surface area contributed by atoms with Crippen LogP contribution < -0.4 is 4.90 Å². The van der Waals surface area contributed by atoms with Gasteiger partial charge in [-0.25, -0.2) is 8.42 Å². The summed E-state index contributed by atoms with van der Waals surface area (Å²) in [7, 11) is -3.56. The Balaban J connectivity index is 1.27. The van der Waals surface area contributed by atoms with Gasteiger partial charge in [0.05, 0.1) is 10.6 Å². The molecule has 0 N–H and O–H groups in total. The standard InChI is InChI=1S/C24H26N4O4S2/c1-17-14-18-8-3-4-11-21(18)28(17)22(29)16-33-24-26-25-23(32-24)19-9-7-10-20(15-19)34(30,31)27-12-5-2-6-13-27/h3-4,7-11,15,17H,2,5-6,12-14,16H2,1H3. The quantitative estimate of drug-likeness (QED) is 0.474. The monoisotopic (exact) mass is 498 g/mol. The minimum Gasteiger partial charge on any atom is -0.411 e. The fourth-order valence-corrected chi connectivity index (χ4v) is 6.75. The van der Waals surface area contributed by atoms with Crippen LogP contribution in [0.5, 0.6) is 0 Å². The van der Waals surface area contributed by atoms with E-state index in [-0.39, 0.29) is 33.7 Å². The third kappa shape index (κ3) is 4.49. The van der Waals surface area contributed by atoms with E-state index in [0.717, 1.165) is 31.4 Å². The Bertz CT molecular complexity index is 1300. The van der Waals surface area contributed by atoms with Crippen LogP contribution in [0.3, 0.4) is 0 Å². The van der Waals surface area contributed by atoms with Gasteiger partial charge in [0.2, 0.25) is 21.8 Å². The molecule has 0 aliphatic carbocycles. The zero-order valence-electron chi connectivity index (χ0n) is 18.9. The van der Waals surface area contributed by atoms with E-state index in [1.165, 1.54) is 21.6 Å². The van der Waals surface area contributed by atoms with Crippen LogP contribution in [0.2, 0.25) is 0 Å². The molecular weight excluding hydrogens is 472 g/mol. The minimum absolute atomic E-state index is 0.0168. The number of amides is 1. The lowest BCUT2D eigenvalue weighted by molar-refractivity contribution is -0.116. The number of sulfonamides is 1. The van der Waals surface area contributed by atoms with Gasteiger partial charge in [0.15, 0.2) is 0 Å². The van der Waals surface area contributed by atoms with E-state index in [2.05, 4.69) is 16.3 Å². The van der Waals surface area contributed by atoms with Crippen LogP contribution in [0.4, 0.5) is 5.69 Å². The van der Waals surface area contributed by atoms with E-state index < -0.39 is 10.0 Å². The molecule has 5 rings (SSSR count). The molecule has 2 aliphatic rings. The number of piperidine rings is 1. The number of aromatic nitrogens is 2. The number of anilines is 1. The second-order valence-corrected chi connectivity index (χ2v) is 11.5. The lowest BCUT2D eigenvalue weighted by Gasteiger charge is -2.25. The summed E-state index contributed by atoms with van der Waals surface area (Å²) in [5.41, 5.74) is 2.66. The smallest absolute Gasteiger partial charge is 0.277 e. The van der Waals surface area contributed by atoms with Crippen molar-refractivity contribution in [2.45, 2.75) is 48.8 Å². The largest absolute Gasteiger partial charge is 0.411 e. The Kier molecular flexibility index (Phi) is 6.46. The highest BCUT2D eigenvalue weighted by Gasteiger charge is 2.31. The Morgan fingerprint density at radius 2 is 1.88 bits per heavy atom. The number of benzene rings is 2. The fourth-order valence-electron chi connectivity index (χ4n) is 4.57. The molecule has 8 nitrogen and oxygen atoms in total. The Morgan fingerprint density at radius 3 is 2.71 bits per heavy atom.